The lowest BCUT2D eigenvalue weighted by Gasteiger charge is -2.10. The Hall–Kier alpha value is -2.76. The molecule has 0 bridgehead atoms. The first kappa shape index (κ1) is 21.0. The molecule has 0 saturated heterocycles. The molecule has 0 spiro atoms. The standard InChI is InChI=1S/C18H11Br2N3O5S/c19-12-7-10(8-13(20)16(12)24)21-18(29)22-17(25)15-5-4-14(28-15)9-2-1-3-11(6-9)23(26)27/h1-8,24H,(H2,21,22,25,29). The van der Waals surface area contributed by atoms with Crippen molar-refractivity contribution in [1.82, 2.24) is 5.32 Å². The van der Waals surface area contributed by atoms with Crippen molar-refractivity contribution < 1.29 is 19.2 Å². The molecule has 11 heteroatoms. The SMILES string of the molecule is O=C(NC(=S)Nc1cc(Br)c(O)c(Br)c1)c1ccc(-c2cccc([N+](=O)[O-])c2)o1. The Morgan fingerprint density at radius 2 is 1.83 bits per heavy atom. The Kier molecular flexibility index (Phi) is 6.30. The first-order valence-corrected chi connectivity index (χ1v) is 9.89. The van der Waals surface area contributed by atoms with Crippen molar-refractivity contribution in [2.24, 2.45) is 0 Å². The van der Waals surface area contributed by atoms with Crippen molar-refractivity contribution in [1.29, 1.82) is 0 Å². The quantitative estimate of drug-likeness (QED) is 0.180. The lowest BCUT2D eigenvalue weighted by Crippen LogP contribution is -2.33. The van der Waals surface area contributed by atoms with Gasteiger partial charge in [-0.2, -0.15) is 0 Å². The second-order valence-electron chi connectivity index (χ2n) is 5.67. The van der Waals surface area contributed by atoms with E-state index in [1.807, 2.05) is 0 Å². The number of carbonyl (C=O) groups excluding carboxylic acids is 1. The summed E-state index contributed by atoms with van der Waals surface area (Å²) in [6, 6.07) is 12.1. The summed E-state index contributed by atoms with van der Waals surface area (Å²) in [5.74, 6) is -0.251. The van der Waals surface area contributed by atoms with Crippen molar-refractivity contribution in [2.75, 3.05) is 5.32 Å². The number of nitro benzene ring substituents is 1. The number of halogens is 2. The van der Waals surface area contributed by atoms with Crippen LogP contribution in [0.15, 0.2) is 61.9 Å². The number of non-ortho nitro benzene ring substituents is 1. The van der Waals surface area contributed by atoms with Gasteiger partial charge in [-0.05, 0) is 68.3 Å². The number of benzene rings is 2. The Balaban J connectivity index is 1.69. The van der Waals surface area contributed by atoms with E-state index in [0.717, 1.165) is 0 Å². The maximum Gasteiger partial charge on any atom is 0.293 e. The highest BCUT2D eigenvalue weighted by Crippen LogP contribution is 2.35. The first-order chi connectivity index (χ1) is 13.7. The molecular formula is C18H11Br2N3O5S. The molecule has 0 aliphatic heterocycles. The maximum absolute atomic E-state index is 12.4. The van der Waals surface area contributed by atoms with Crippen LogP contribution in [0.25, 0.3) is 11.3 Å². The topological polar surface area (TPSA) is 118 Å². The molecule has 0 unspecified atom stereocenters. The van der Waals surface area contributed by atoms with Crippen molar-refractivity contribution in [3.05, 3.63) is 73.4 Å². The Morgan fingerprint density at radius 1 is 1.14 bits per heavy atom. The summed E-state index contributed by atoms with van der Waals surface area (Å²) in [6.45, 7) is 0. The predicted octanol–water partition coefficient (Wildman–Crippen LogP) is 5.21. The zero-order chi connectivity index (χ0) is 21.1. The highest BCUT2D eigenvalue weighted by atomic mass is 79.9. The van der Waals surface area contributed by atoms with Gasteiger partial charge in [0.05, 0.1) is 13.9 Å². The zero-order valence-electron chi connectivity index (χ0n) is 14.3. The molecule has 0 fully saturated rings. The van der Waals surface area contributed by atoms with Crippen molar-refractivity contribution in [3.63, 3.8) is 0 Å². The van der Waals surface area contributed by atoms with Crippen LogP contribution in [-0.2, 0) is 0 Å². The molecule has 0 radical (unpaired) electrons. The normalized spacial score (nSPS) is 10.4. The molecular weight excluding hydrogens is 530 g/mol. The molecule has 3 rings (SSSR count). The van der Waals surface area contributed by atoms with Crippen LogP contribution in [0, 0.1) is 10.1 Å². The van der Waals surface area contributed by atoms with Crippen molar-refractivity contribution in [3.8, 4) is 17.1 Å². The highest BCUT2D eigenvalue weighted by molar-refractivity contribution is 9.11. The summed E-state index contributed by atoms with van der Waals surface area (Å²) < 4.78 is 6.38. The van der Waals surface area contributed by atoms with E-state index in [0.29, 0.717) is 26.0 Å². The minimum Gasteiger partial charge on any atom is -0.506 e. The average molecular weight is 541 g/mol. The molecule has 1 heterocycles. The van der Waals surface area contributed by atoms with Crippen LogP contribution in [-0.4, -0.2) is 21.0 Å². The number of hydrogen-bond acceptors (Lipinski definition) is 6. The average Bonchev–Trinajstić information content (AvgIpc) is 3.16. The van der Waals surface area contributed by atoms with Gasteiger partial charge in [0.1, 0.15) is 11.5 Å². The number of phenolic OH excluding ortho intramolecular Hbond substituents is 1. The van der Waals surface area contributed by atoms with E-state index in [1.54, 1.807) is 24.3 Å². The van der Waals surface area contributed by atoms with Gasteiger partial charge in [-0.3, -0.25) is 20.2 Å². The predicted molar refractivity (Wildman–Crippen MR) is 118 cm³/mol. The summed E-state index contributed by atoms with van der Waals surface area (Å²) in [7, 11) is 0. The minimum absolute atomic E-state index is 0.0104. The first-order valence-electron chi connectivity index (χ1n) is 7.89. The number of nitro groups is 1. The molecule has 29 heavy (non-hydrogen) atoms. The van der Waals surface area contributed by atoms with Crippen LogP contribution in [0.2, 0.25) is 0 Å². The second kappa shape index (κ2) is 8.72. The summed E-state index contributed by atoms with van der Waals surface area (Å²) in [5, 5.41) is 26.0. The number of thiocarbonyl (C=S) groups is 1. The zero-order valence-corrected chi connectivity index (χ0v) is 18.3. The molecule has 148 valence electrons. The van der Waals surface area contributed by atoms with Gasteiger partial charge in [-0.25, -0.2) is 0 Å². The summed E-state index contributed by atoms with van der Waals surface area (Å²) >= 11 is 11.5. The highest BCUT2D eigenvalue weighted by Gasteiger charge is 2.16. The van der Waals surface area contributed by atoms with E-state index >= 15 is 0 Å². The summed E-state index contributed by atoms with van der Waals surface area (Å²) in [4.78, 5) is 22.7. The minimum atomic E-state index is -0.587. The van der Waals surface area contributed by atoms with Crippen LogP contribution in [0.1, 0.15) is 10.6 Å². The third kappa shape index (κ3) is 5.00. The largest absolute Gasteiger partial charge is 0.506 e. The molecule has 3 N–H and O–H groups in total. The lowest BCUT2D eigenvalue weighted by molar-refractivity contribution is -0.384. The van der Waals surface area contributed by atoms with Gasteiger partial charge >= 0.3 is 0 Å². The number of carbonyl (C=O) groups is 1. The van der Waals surface area contributed by atoms with Gasteiger partial charge in [0.25, 0.3) is 11.6 Å². The van der Waals surface area contributed by atoms with E-state index in [-0.39, 0.29) is 22.3 Å². The monoisotopic (exact) mass is 539 g/mol. The molecule has 3 aromatic rings. The molecule has 0 aliphatic rings. The van der Waals surface area contributed by atoms with Gasteiger partial charge in [0.2, 0.25) is 0 Å². The maximum atomic E-state index is 12.4. The molecule has 0 aliphatic carbocycles. The third-order valence-corrected chi connectivity index (χ3v) is 5.09. The lowest BCUT2D eigenvalue weighted by atomic mass is 10.1. The number of nitrogens with zero attached hydrogens (tertiary/aromatic N) is 1. The number of rotatable bonds is 4. The number of phenols is 1. The van der Waals surface area contributed by atoms with E-state index in [1.165, 1.54) is 24.3 Å². The number of furan rings is 1. The number of hydrogen-bond donors (Lipinski definition) is 3. The summed E-state index contributed by atoms with van der Waals surface area (Å²) in [6.07, 6.45) is 0. The fraction of sp³-hybridized carbons (Fsp3) is 0. The second-order valence-corrected chi connectivity index (χ2v) is 7.79. The van der Waals surface area contributed by atoms with E-state index in [2.05, 4.69) is 42.5 Å². The Morgan fingerprint density at radius 3 is 2.48 bits per heavy atom. The van der Waals surface area contributed by atoms with Crippen LogP contribution in [0.5, 0.6) is 5.75 Å². The molecule has 2 aromatic carbocycles. The fourth-order valence-corrected chi connectivity index (χ4v) is 3.75. The van der Waals surface area contributed by atoms with Gasteiger partial charge in [-0.1, -0.05) is 12.1 Å². The number of anilines is 1. The number of amides is 1. The molecule has 8 nitrogen and oxygen atoms in total. The summed E-state index contributed by atoms with van der Waals surface area (Å²) in [5.41, 5.74) is 0.919. The van der Waals surface area contributed by atoms with Gasteiger partial charge in [-0.15, -0.1) is 0 Å². The van der Waals surface area contributed by atoms with Gasteiger partial charge in [0, 0.05) is 23.4 Å². The molecule has 1 amide bonds. The molecule has 0 saturated carbocycles. The van der Waals surface area contributed by atoms with Crippen molar-refractivity contribution in [2.45, 2.75) is 0 Å². The number of aromatic hydroxyl groups is 1. The van der Waals surface area contributed by atoms with Gasteiger partial charge in [0.15, 0.2) is 10.9 Å². The van der Waals surface area contributed by atoms with Crippen LogP contribution < -0.4 is 10.6 Å². The number of nitrogens with one attached hydrogen (secondary N) is 2. The third-order valence-electron chi connectivity index (χ3n) is 3.67. The molecule has 1 aromatic heterocycles. The van der Waals surface area contributed by atoms with E-state index < -0.39 is 10.8 Å². The smallest absolute Gasteiger partial charge is 0.293 e. The van der Waals surface area contributed by atoms with E-state index in [4.69, 9.17) is 16.6 Å². The Labute approximate surface area is 186 Å². The van der Waals surface area contributed by atoms with E-state index in [9.17, 15) is 20.0 Å². The van der Waals surface area contributed by atoms with Crippen molar-refractivity contribution >= 4 is 66.5 Å². The molecule has 0 atom stereocenters. The van der Waals surface area contributed by atoms with Crippen LogP contribution >= 0.6 is 44.1 Å². The Bertz CT molecular complexity index is 1110. The van der Waals surface area contributed by atoms with Gasteiger partial charge < -0.3 is 14.8 Å². The fourth-order valence-electron chi connectivity index (χ4n) is 2.35. The van der Waals surface area contributed by atoms with Crippen LogP contribution in [0.4, 0.5) is 11.4 Å². The van der Waals surface area contributed by atoms with Crippen LogP contribution in [0.3, 0.4) is 0 Å².